The molecule has 3 heterocycles. The number of carboxylic acids is 1. The Morgan fingerprint density at radius 2 is 1.91 bits per heavy atom. The zero-order valence-corrected chi connectivity index (χ0v) is 19.7. The lowest BCUT2D eigenvalue weighted by Gasteiger charge is -2.23. The molecule has 0 aromatic carbocycles. The Morgan fingerprint density at radius 3 is 2.58 bits per heavy atom. The molecular formula is C25H34F2N4O2. The van der Waals surface area contributed by atoms with Gasteiger partial charge in [0.2, 0.25) is 5.92 Å². The van der Waals surface area contributed by atoms with Crippen LogP contribution in [0.2, 0.25) is 0 Å². The lowest BCUT2D eigenvalue weighted by atomic mass is 9.89. The molecule has 1 atom stereocenters. The lowest BCUT2D eigenvalue weighted by Crippen LogP contribution is -2.23. The topological polar surface area (TPSA) is 88.0 Å². The number of alkyl halides is 2. The van der Waals surface area contributed by atoms with Gasteiger partial charge in [0, 0.05) is 48.8 Å². The van der Waals surface area contributed by atoms with Crippen LogP contribution in [-0.4, -0.2) is 38.5 Å². The predicted molar refractivity (Wildman–Crippen MR) is 124 cm³/mol. The smallest absolute Gasteiger partial charge is 0.303 e. The van der Waals surface area contributed by atoms with E-state index < -0.39 is 24.2 Å². The molecule has 1 aliphatic rings. The molecule has 0 radical (unpaired) electrons. The number of nitrogens with zero attached hydrogens (tertiary/aromatic N) is 3. The van der Waals surface area contributed by atoms with Crippen molar-refractivity contribution in [3.63, 3.8) is 0 Å². The van der Waals surface area contributed by atoms with Gasteiger partial charge in [-0.05, 0) is 49.3 Å². The van der Waals surface area contributed by atoms with Crippen molar-refractivity contribution >= 4 is 11.8 Å². The Labute approximate surface area is 194 Å². The Hall–Kier alpha value is -2.64. The largest absolute Gasteiger partial charge is 0.481 e. The fraction of sp³-hybridized carbons (Fsp3) is 0.600. The fourth-order valence-electron chi connectivity index (χ4n) is 4.12. The zero-order valence-electron chi connectivity index (χ0n) is 19.7. The number of hydrogen-bond donors (Lipinski definition) is 2. The van der Waals surface area contributed by atoms with Gasteiger partial charge in [0.05, 0.1) is 6.42 Å². The minimum atomic E-state index is -2.96. The van der Waals surface area contributed by atoms with Crippen LogP contribution in [0.5, 0.6) is 0 Å². The predicted octanol–water partition coefficient (Wildman–Crippen LogP) is 5.52. The van der Waals surface area contributed by atoms with E-state index in [-0.39, 0.29) is 18.3 Å². The van der Waals surface area contributed by atoms with Gasteiger partial charge in [-0.3, -0.25) is 4.79 Å². The highest BCUT2D eigenvalue weighted by molar-refractivity contribution is 5.68. The number of aromatic nitrogens is 3. The summed E-state index contributed by atoms with van der Waals surface area (Å²) in [4.78, 5) is 24.5. The van der Waals surface area contributed by atoms with Crippen LogP contribution in [0.25, 0.3) is 0 Å². The fourth-order valence-corrected chi connectivity index (χ4v) is 4.12. The number of fused-ring (bicyclic) bond motifs is 1. The first kappa shape index (κ1) is 25.0. The van der Waals surface area contributed by atoms with Gasteiger partial charge < -0.3 is 10.4 Å². The molecule has 180 valence electrons. The molecule has 1 aliphatic heterocycles. The van der Waals surface area contributed by atoms with Gasteiger partial charge in [0.25, 0.3) is 0 Å². The Morgan fingerprint density at radius 1 is 1.18 bits per heavy atom. The molecule has 0 unspecified atom stereocenters. The second-order valence-corrected chi connectivity index (χ2v) is 9.99. The molecule has 0 saturated carbocycles. The molecule has 6 nitrogen and oxygen atoms in total. The van der Waals surface area contributed by atoms with Gasteiger partial charge in [-0.25, -0.2) is 23.7 Å². The lowest BCUT2D eigenvalue weighted by molar-refractivity contribution is -0.138. The highest BCUT2D eigenvalue weighted by atomic mass is 19.3. The van der Waals surface area contributed by atoms with Crippen molar-refractivity contribution in [3.8, 4) is 0 Å². The third-order valence-corrected chi connectivity index (χ3v) is 5.96. The first-order chi connectivity index (χ1) is 15.5. The maximum atomic E-state index is 14.8. The molecule has 3 rings (SSSR count). The number of unbranched alkanes of at least 4 members (excludes halogenated alkanes) is 1. The number of anilines is 1. The van der Waals surface area contributed by atoms with Crippen LogP contribution in [0.15, 0.2) is 24.5 Å². The average Bonchev–Trinajstić information content (AvgIpc) is 2.75. The second-order valence-electron chi connectivity index (χ2n) is 9.99. The summed E-state index contributed by atoms with van der Waals surface area (Å²) >= 11 is 0. The molecule has 2 aromatic heterocycles. The summed E-state index contributed by atoms with van der Waals surface area (Å²) in [6.45, 7) is 6.79. The van der Waals surface area contributed by atoms with Crippen LogP contribution in [0.3, 0.4) is 0 Å². The standard InChI is InChI=1S/C25H34F2N4O2/c1-24(2,3)23-29-15-19(16-30-23)18(13-21(32)33)14-25(26,27)11-5-4-8-20-10-9-17-7-6-12-28-22(17)31-20/h9-10,15-16,18H,4-8,11-14H2,1-3H3,(H,28,31)(H,32,33)/t18-/m1/s1. The molecule has 8 heteroatoms. The van der Waals surface area contributed by atoms with Gasteiger partial charge in [-0.15, -0.1) is 0 Å². The summed E-state index contributed by atoms with van der Waals surface area (Å²) in [6, 6.07) is 4.05. The monoisotopic (exact) mass is 460 g/mol. The summed E-state index contributed by atoms with van der Waals surface area (Å²) in [6.07, 6.45) is 5.51. The minimum absolute atomic E-state index is 0.270. The van der Waals surface area contributed by atoms with Crippen LogP contribution < -0.4 is 5.32 Å². The number of carboxylic acid groups (broad SMARTS) is 1. The number of carbonyl (C=O) groups is 1. The number of pyridine rings is 1. The van der Waals surface area contributed by atoms with Crippen LogP contribution in [0, 0.1) is 0 Å². The van der Waals surface area contributed by atoms with Crippen molar-refractivity contribution in [3.05, 3.63) is 47.2 Å². The van der Waals surface area contributed by atoms with E-state index in [0.29, 0.717) is 30.7 Å². The summed E-state index contributed by atoms with van der Waals surface area (Å²) < 4.78 is 29.5. The number of rotatable bonds is 10. The molecule has 0 aliphatic carbocycles. The third-order valence-electron chi connectivity index (χ3n) is 5.96. The highest BCUT2D eigenvalue weighted by Gasteiger charge is 2.34. The summed E-state index contributed by atoms with van der Waals surface area (Å²) in [5.41, 5.74) is 2.29. The van der Waals surface area contributed by atoms with E-state index in [1.54, 1.807) is 0 Å². The molecule has 0 saturated heterocycles. The van der Waals surface area contributed by atoms with Crippen LogP contribution in [-0.2, 0) is 23.1 Å². The van der Waals surface area contributed by atoms with Crippen LogP contribution in [0.4, 0.5) is 14.6 Å². The van der Waals surface area contributed by atoms with Crippen molar-refractivity contribution in [2.75, 3.05) is 11.9 Å². The maximum Gasteiger partial charge on any atom is 0.303 e. The quantitative estimate of drug-likeness (QED) is 0.454. The van der Waals surface area contributed by atoms with Crippen molar-refractivity contribution < 1.29 is 18.7 Å². The molecule has 2 aromatic rings. The number of halogens is 2. The molecular weight excluding hydrogens is 426 g/mol. The second kappa shape index (κ2) is 10.5. The van der Waals surface area contributed by atoms with Gasteiger partial charge in [0.15, 0.2) is 0 Å². The van der Waals surface area contributed by atoms with E-state index in [0.717, 1.165) is 30.9 Å². The maximum absolute atomic E-state index is 14.8. The van der Waals surface area contributed by atoms with Gasteiger partial charge in [0.1, 0.15) is 11.6 Å². The van der Waals surface area contributed by atoms with E-state index >= 15 is 0 Å². The van der Waals surface area contributed by atoms with E-state index in [9.17, 15) is 18.7 Å². The van der Waals surface area contributed by atoms with Crippen molar-refractivity contribution in [1.82, 2.24) is 15.0 Å². The van der Waals surface area contributed by atoms with Crippen molar-refractivity contribution in [2.45, 2.75) is 89.4 Å². The van der Waals surface area contributed by atoms with Crippen molar-refractivity contribution in [2.24, 2.45) is 0 Å². The molecule has 0 bridgehead atoms. The van der Waals surface area contributed by atoms with Gasteiger partial charge in [-0.1, -0.05) is 26.8 Å². The summed E-state index contributed by atoms with van der Waals surface area (Å²) in [7, 11) is 0. The molecule has 2 N–H and O–H groups in total. The third kappa shape index (κ3) is 7.44. The first-order valence-electron chi connectivity index (χ1n) is 11.7. The van der Waals surface area contributed by atoms with Gasteiger partial charge >= 0.3 is 5.97 Å². The Kier molecular flexibility index (Phi) is 7.97. The number of hydrogen-bond acceptors (Lipinski definition) is 5. The number of aryl methyl sites for hydroxylation is 2. The van der Waals surface area contributed by atoms with E-state index in [1.807, 2.05) is 26.8 Å². The molecule has 0 amide bonds. The molecule has 33 heavy (non-hydrogen) atoms. The highest BCUT2D eigenvalue weighted by Crippen LogP contribution is 2.36. The zero-order chi connectivity index (χ0) is 24.1. The number of nitrogens with one attached hydrogen (secondary N) is 1. The van der Waals surface area contributed by atoms with E-state index in [1.165, 1.54) is 18.0 Å². The SMILES string of the molecule is CC(C)(C)c1ncc([C@H](CC(=O)O)CC(F)(F)CCCCc2ccc3c(n2)NCCC3)cn1. The molecule has 0 fully saturated rings. The summed E-state index contributed by atoms with van der Waals surface area (Å²) in [5, 5.41) is 12.5. The van der Waals surface area contributed by atoms with Gasteiger partial charge in [-0.2, -0.15) is 0 Å². The summed E-state index contributed by atoms with van der Waals surface area (Å²) in [5.74, 6) is -3.39. The van der Waals surface area contributed by atoms with Crippen LogP contribution in [0.1, 0.15) is 87.9 Å². The Bertz CT molecular complexity index is 942. The average molecular weight is 461 g/mol. The van der Waals surface area contributed by atoms with E-state index in [4.69, 9.17) is 0 Å². The van der Waals surface area contributed by atoms with E-state index in [2.05, 4.69) is 26.3 Å². The van der Waals surface area contributed by atoms with Crippen molar-refractivity contribution in [1.29, 1.82) is 0 Å². The van der Waals surface area contributed by atoms with Crippen LogP contribution >= 0.6 is 0 Å². The Balaban J connectivity index is 1.55. The normalized spacial score (nSPS) is 14.9. The number of aliphatic carboxylic acids is 1. The first-order valence-corrected chi connectivity index (χ1v) is 11.7. The minimum Gasteiger partial charge on any atom is -0.481 e. The molecule has 0 spiro atoms.